The fourth-order valence-corrected chi connectivity index (χ4v) is 3.92. The van der Waals surface area contributed by atoms with Gasteiger partial charge in [-0.25, -0.2) is 9.59 Å². The van der Waals surface area contributed by atoms with Gasteiger partial charge in [0.05, 0.1) is 29.7 Å². The molecule has 0 unspecified atom stereocenters. The molecule has 3 aromatic rings. The van der Waals surface area contributed by atoms with E-state index >= 15 is 0 Å². The number of aromatic amines is 1. The molecule has 1 aliphatic rings. The number of nitrogens with zero attached hydrogens (tertiary/aromatic N) is 2. The minimum absolute atomic E-state index is 0.0326. The van der Waals surface area contributed by atoms with E-state index in [1.165, 1.54) is 7.11 Å². The Hall–Kier alpha value is -2.28. The zero-order chi connectivity index (χ0) is 19.1. The number of aromatic nitrogens is 2. The van der Waals surface area contributed by atoms with Gasteiger partial charge in [0, 0.05) is 29.7 Å². The van der Waals surface area contributed by atoms with Crippen LogP contribution in [-0.2, 0) is 11.3 Å². The predicted octanol–water partition coefficient (Wildman–Crippen LogP) is 3.48. The molecule has 140 valence electrons. The number of likely N-dealkylation sites (tertiary alicyclic amines) is 1. The molecule has 8 heteroatoms. The van der Waals surface area contributed by atoms with Crippen LogP contribution in [-0.4, -0.2) is 40.6 Å². The monoisotopic (exact) mass is 405 g/mol. The van der Waals surface area contributed by atoms with Crippen molar-refractivity contribution in [3.63, 3.8) is 0 Å². The van der Waals surface area contributed by atoms with Crippen LogP contribution >= 0.6 is 23.2 Å². The molecule has 27 heavy (non-hydrogen) atoms. The number of hydrogen-bond acceptors (Lipinski definition) is 4. The number of halogens is 2. The molecule has 2 heterocycles. The third-order valence-electron chi connectivity index (χ3n) is 4.85. The second-order valence-electron chi connectivity index (χ2n) is 6.61. The molecule has 4 rings (SSSR count). The Balaban J connectivity index is 1.55. The normalized spacial score (nSPS) is 15.1. The van der Waals surface area contributed by atoms with Crippen LogP contribution in [0.15, 0.2) is 41.2 Å². The van der Waals surface area contributed by atoms with Gasteiger partial charge in [-0.3, -0.25) is 9.47 Å². The van der Waals surface area contributed by atoms with Crippen LogP contribution in [0.25, 0.3) is 11.0 Å². The number of carbonyl (C=O) groups excluding carboxylic acids is 1. The summed E-state index contributed by atoms with van der Waals surface area (Å²) in [5.74, 6) is -0.426. The van der Waals surface area contributed by atoms with Crippen LogP contribution in [0.3, 0.4) is 0 Å². The van der Waals surface area contributed by atoms with Gasteiger partial charge in [-0.05, 0) is 35.9 Å². The first kappa shape index (κ1) is 18.1. The van der Waals surface area contributed by atoms with Crippen molar-refractivity contribution in [3.8, 4) is 0 Å². The summed E-state index contributed by atoms with van der Waals surface area (Å²) < 4.78 is 6.48. The van der Waals surface area contributed by atoms with E-state index in [4.69, 9.17) is 27.9 Å². The van der Waals surface area contributed by atoms with Crippen LogP contribution < -0.4 is 5.69 Å². The van der Waals surface area contributed by atoms with E-state index in [2.05, 4.69) is 9.88 Å². The molecule has 0 spiro atoms. The van der Waals surface area contributed by atoms with Crippen molar-refractivity contribution in [2.45, 2.75) is 12.6 Å². The van der Waals surface area contributed by atoms with Gasteiger partial charge in [0.2, 0.25) is 0 Å². The average molecular weight is 406 g/mol. The summed E-state index contributed by atoms with van der Waals surface area (Å²) in [6.07, 6.45) is 0. The Morgan fingerprint density at radius 3 is 2.70 bits per heavy atom. The van der Waals surface area contributed by atoms with Crippen molar-refractivity contribution in [1.29, 1.82) is 0 Å². The van der Waals surface area contributed by atoms with Gasteiger partial charge in [-0.1, -0.05) is 29.3 Å². The van der Waals surface area contributed by atoms with Gasteiger partial charge in [0.15, 0.2) is 0 Å². The van der Waals surface area contributed by atoms with E-state index in [9.17, 15) is 9.59 Å². The van der Waals surface area contributed by atoms with E-state index in [-0.39, 0.29) is 11.7 Å². The molecule has 0 bridgehead atoms. The highest BCUT2D eigenvalue weighted by Gasteiger charge is 2.31. The standard InChI is InChI=1S/C19H17Cl2N3O3/c1-27-18(25)11-3-5-16-17(6-11)24(19(26)22-16)14-9-23(10-14)8-12-2-4-13(20)7-15(12)21/h2-7,14H,8-10H2,1H3,(H,22,26). The fourth-order valence-electron chi connectivity index (χ4n) is 3.45. The van der Waals surface area contributed by atoms with Gasteiger partial charge in [-0.15, -0.1) is 0 Å². The largest absolute Gasteiger partial charge is 0.465 e. The first-order chi connectivity index (χ1) is 13.0. The van der Waals surface area contributed by atoms with E-state index in [0.29, 0.717) is 46.3 Å². The molecule has 0 saturated carbocycles. The maximum absolute atomic E-state index is 12.4. The summed E-state index contributed by atoms with van der Waals surface area (Å²) in [4.78, 5) is 29.3. The summed E-state index contributed by atoms with van der Waals surface area (Å²) >= 11 is 12.2. The topological polar surface area (TPSA) is 67.3 Å². The van der Waals surface area contributed by atoms with Crippen molar-refractivity contribution in [2.75, 3.05) is 20.2 Å². The lowest BCUT2D eigenvalue weighted by molar-refractivity contribution is 0.0600. The number of H-pyrrole nitrogens is 1. The lowest BCUT2D eigenvalue weighted by Gasteiger charge is -2.40. The number of carbonyl (C=O) groups is 1. The summed E-state index contributed by atoms with van der Waals surface area (Å²) in [5, 5.41) is 1.25. The minimum Gasteiger partial charge on any atom is -0.465 e. The summed E-state index contributed by atoms with van der Waals surface area (Å²) in [6, 6.07) is 10.6. The molecule has 6 nitrogen and oxygen atoms in total. The Morgan fingerprint density at radius 2 is 2.00 bits per heavy atom. The Bertz CT molecular complexity index is 1080. The maximum atomic E-state index is 12.4. The van der Waals surface area contributed by atoms with Crippen LogP contribution in [0.4, 0.5) is 0 Å². The van der Waals surface area contributed by atoms with Gasteiger partial charge in [0.1, 0.15) is 0 Å². The van der Waals surface area contributed by atoms with E-state index in [0.717, 1.165) is 5.56 Å². The molecule has 0 aliphatic carbocycles. The van der Waals surface area contributed by atoms with Crippen LogP contribution in [0.5, 0.6) is 0 Å². The Kier molecular flexibility index (Phi) is 4.72. The molecule has 0 radical (unpaired) electrons. The minimum atomic E-state index is -0.426. The number of benzene rings is 2. The quantitative estimate of drug-likeness (QED) is 0.674. The third-order valence-corrected chi connectivity index (χ3v) is 5.44. The van der Waals surface area contributed by atoms with E-state index in [1.54, 1.807) is 28.8 Å². The number of methoxy groups -OCH3 is 1. The van der Waals surface area contributed by atoms with Crippen molar-refractivity contribution in [1.82, 2.24) is 14.5 Å². The predicted molar refractivity (Wildman–Crippen MR) is 105 cm³/mol. The van der Waals surface area contributed by atoms with Gasteiger partial charge in [-0.2, -0.15) is 0 Å². The zero-order valence-corrected chi connectivity index (χ0v) is 16.0. The maximum Gasteiger partial charge on any atom is 0.337 e. The highest BCUT2D eigenvalue weighted by molar-refractivity contribution is 6.35. The molecule has 2 aromatic carbocycles. The van der Waals surface area contributed by atoms with Crippen LogP contribution in [0, 0.1) is 0 Å². The highest BCUT2D eigenvalue weighted by Crippen LogP contribution is 2.28. The second kappa shape index (κ2) is 7.03. The molecule has 1 N–H and O–H groups in total. The second-order valence-corrected chi connectivity index (χ2v) is 7.45. The fraction of sp³-hybridized carbons (Fsp3) is 0.263. The molecule has 1 aromatic heterocycles. The average Bonchev–Trinajstić information content (AvgIpc) is 2.93. The molecule has 1 saturated heterocycles. The van der Waals surface area contributed by atoms with Crippen molar-refractivity contribution in [2.24, 2.45) is 0 Å². The van der Waals surface area contributed by atoms with E-state index < -0.39 is 5.97 Å². The molecule has 0 atom stereocenters. The Labute approximate surface area is 165 Å². The first-order valence-corrected chi connectivity index (χ1v) is 9.20. The van der Waals surface area contributed by atoms with Gasteiger partial charge >= 0.3 is 11.7 Å². The smallest absolute Gasteiger partial charge is 0.337 e. The van der Waals surface area contributed by atoms with Crippen LogP contribution in [0.1, 0.15) is 22.0 Å². The SMILES string of the molecule is COC(=O)c1ccc2[nH]c(=O)n(C3CN(Cc4ccc(Cl)cc4Cl)C3)c2c1. The lowest BCUT2D eigenvalue weighted by atomic mass is 10.1. The molecule has 1 aliphatic heterocycles. The lowest BCUT2D eigenvalue weighted by Crippen LogP contribution is -2.49. The highest BCUT2D eigenvalue weighted by atomic mass is 35.5. The first-order valence-electron chi connectivity index (χ1n) is 8.45. The Morgan fingerprint density at radius 1 is 1.22 bits per heavy atom. The summed E-state index contributed by atoms with van der Waals surface area (Å²) in [5.41, 5.74) is 2.64. The number of fused-ring (bicyclic) bond motifs is 1. The van der Waals surface area contributed by atoms with Crippen LogP contribution in [0.2, 0.25) is 10.0 Å². The number of imidazole rings is 1. The number of hydrogen-bond donors (Lipinski definition) is 1. The van der Waals surface area contributed by atoms with Crippen molar-refractivity contribution in [3.05, 3.63) is 68.1 Å². The number of esters is 1. The van der Waals surface area contributed by atoms with Crippen molar-refractivity contribution < 1.29 is 9.53 Å². The van der Waals surface area contributed by atoms with Crippen molar-refractivity contribution >= 4 is 40.2 Å². The van der Waals surface area contributed by atoms with Gasteiger partial charge < -0.3 is 9.72 Å². The summed E-state index contributed by atoms with van der Waals surface area (Å²) in [7, 11) is 1.34. The number of rotatable bonds is 4. The molecular formula is C19H17Cl2N3O3. The zero-order valence-electron chi connectivity index (χ0n) is 14.5. The molecule has 0 amide bonds. The molecular weight excluding hydrogens is 389 g/mol. The summed E-state index contributed by atoms with van der Waals surface area (Å²) in [6.45, 7) is 2.12. The third kappa shape index (κ3) is 3.36. The number of ether oxygens (including phenoxy) is 1. The van der Waals surface area contributed by atoms with E-state index in [1.807, 2.05) is 12.1 Å². The van der Waals surface area contributed by atoms with Gasteiger partial charge in [0.25, 0.3) is 0 Å². The number of nitrogens with one attached hydrogen (secondary N) is 1. The molecule has 1 fully saturated rings.